The molecule has 1 atom stereocenters. The topological polar surface area (TPSA) is 63.6 Å². The molecule has 0 bridgehead atoms. The number of carbonyl (C=O) groups excluding carboxylic acids is 1. The highest BCUT2D eigenvalue weighted by molar-refractivity contribution is 5.94. The van der Waals surface area contributed by atoms with E-state index in [0.29, 0.717) is 0 Å². The second-order valence-electron chi connectivity index (χ2n) is 2.30. The second kappa shape index (κ2) is 4.54. The fourth-order valence-corrected chi connectivity index (χ4v) is 0.796. The minimum atomic E-state index is -1.03. The Morgan fingerprint density at radius 1 is 1.50 bits per heavy atom. The summed E-state index contributed by atoms with van der Waals surface area (Å²) in [6, 6.07) is 0. The number of rotatable bonds is 3. The molecule has 12 heavy (non-hydrogen) atoms. The lowest BCUT2D eigenvalue weighted by atomic mass is 10.0. The zero-order valence-electron chi connectivity index (χ0n) is 7.33. The molecular weight excluding hydrogens is 160 g/mol. The third-order valence-electron chi connectivity index (χ3n) is 1.57. The smallest absolute Gasteiger partial charge is 0.334 e. The number of hydrogen-bond donors (Lipinski definition) is 1. The van der Waals surface area contributed by atoms with Crippen molar-refractivity contribution in [2.75, 3.05) is 7.11 Å². The third-order valence-corrected chi connectivity index (χ3v) is 1.57. The number of carboxylic acid groups (broad SMARTS) is 1. The number of carbonyl (C=O) groups is 2. The van der Waals surface area contributed by atoms with Gasteiger partial charge in [0.2, 0.25) is 0 Å². The Kier molecular flexibility index (Phi) is 4.04. The number of aliphatic carboxylic acids is 1. The van der Waals surface area contributed by atoms with Crippen LogP contribution in [0.3, 0.4) is 0 Å². The van der Waals surface area contributed by atoms with E-state index in [1.165, 1.54) is 20.1 Å². The lowest BCUT2D eigenvalue weighted by Crippen LogP contribution is -2.19. The lowest BCUT2D eigenvalue weighted by molar-refractivity contribution is -0.144. The highest BCUT2D eigenvalue weighted by atomic mass is 16.5. The number of hydrogen-bond acceptors (Lipinski definition) is 3. The molecule has 0 spiro atoms. The molecule has 0 amide bonds. The minimum Gasteiger partial charge on any atom is -0.481 e. The fraction of sp³-hybridized carbons (Fsp3) is 0.500. The summed E-state index contributed by atoms with van der Waals surface area (Å²) in [7, 11) is 1.22. The Labute approximate surface area is 70.8 Å². The van der Waals surface area contributed by atoms with Crippen molar-refractivity contribution in [3.63, 3.8) is 0 Å². The van der Waals surface area contributed by atoms with Gasteiger partial charge in [0.1, 0.15) is 0 Å². The van der Waals surface area contributed by atoms with E-state index in [2.05, 4.69) is 4.74 Å². The maximum atomic E-state index is 10.9. The molecule has 4 nitrogen and oxygen atoms in total. The summed E-state index contributed by atoms with van der Waals surface area (Å²) >= 11 is 0. The molecule has 0 heterocycles. The van der Waals surface area contributed by atoms with E-state index in [-0.39, 0.29) is 5.57 Å². The van der Waals surface area contributed by atoms with Gasteiger partial charge in [-0.1, -0.05) is 6.08 Å². The van der Waals surface area contributed by atoms with Crippen molar-refractivity contribution >= 4 is 11.9 Å². The van der Waals surface area contributed by atoms with Crippen molar-refractivity contribution in [2.45, 2.75) is 13.8 Å². The normalized spacial score (nSPS) is 13.8. The average Bonchev–Trinajstić information content (AvgIpc) is 2.05. The zero-order chi connectivity index (χ0) is 9.72. The summed E-state index contributed by atoms with van der Waals surface area (Å²) in [6.07, 6.45) is 1.45. The van der Waals surface area contributed by atoms with Crippen LogP contribution in [0.2, 0.25) is 0 Å². The maximum absolute atomic E-state index is 10.9. The van der Waals surface area contributed by atoms with Gasteiger partial charge in [0.05, 0.1) is 13.0 Å². The Morgan fingerprint density at radius 2 is 2.00 bits per heavy atom. The molecule has 0 fully saturated rings. The summed E-state index contributed by atoms with van der Waals surface area (Å²) in [6.45, 7) is 3.04. The monoisotopic (exact) mass is 172 g/mol. The molecule has 0 rings (SSSR count). The standard InChI is InChI=1S/C8H12O4/c1-4-6(8(11)12-3)5(2)7(9)10/h4-5H,1-3H3,(H,9,10)/b6-4+. The summed E-state index contributed by atoms with van der Waals surface area (Å²) in [5.41, 5.74) is 0.171. The van der Waals surface area contributed by atoms with Crippen LogP contribution in [-0.4, -0.2) is 24.2 Å². The van der Waals surface area contributed by atoms with Crippen molar-refractivity contribution in [3.8, 4) is 0 Å². The molecule has 0 aromatic rings. The van der Waals surface area contributed by atoms with Crippen molar-refractivity contribution in [2.24, 2.45) is 5.92 Å². The van der Waals surface area contributed by atoms with Crippen LogP contribution in [-0.2, 0) is 14.3 Å². The molecule has 0 saturated heterocycles. The van der Waals surface area contributed by atoms with Gasteiger partial charge in [0, 0.05) is 5.57 Å². The first-order valence-corrected chi connectivity index (χ1v) is 3.51. The van der Waals surface area contributed by atoms with Crippen LogP contribution >= 0.6 is 0 Å². The van der Waals surface area contributed by atoms with Crippen LogP contribution in [0.4, 0.5) is 0 Å². The van der Waals surface area contributed by atoms with E-state index in [9.17, 15) is 9.59 Å². The van der Waals surface area contributed by atoms with Crippen molar-refractivity contribution in [1.29, 1.82) is 0 Å². The van der Waals surface area contributed by atoms with Crippen LogP contribution in [0.1, 0.15) is 13.8 Å². The summed E-state index contributed by atoms with van der Waals surface area (Å²) in [5.74, 6) is -2.44. The second-order valence-corrected chi connectivity index (χ2v) is 2.30. The molecular formula is C8H12O4. The van der Waals surface area contributed by atoms with Crippen LogP contribution in [0.5, 0.6) is 0 Å². The van der Waals surface area contributed by atoms with Gasteiger partial charge in [-0.15, -0.1) is 0 Å². The van der Waals surface area contributed by atoms with Gasteiger partial charge in [-0.3, -0.25) is 4.79 Å². The molecule has 0 saturated carbocycles. The van der Waals surface area contributed by atoms with Gasteiger partial charge < -0.3 is 9.84 Å². The predicted octanol–water partition coefficient (Wildman–Crippen LogP) is 0.826. The first-order valence-electron chi connectivity index (χ1n) is 3.51. The zero-order valence-corrected chi connectivity index (χ0v) is 7.33. The Balaban J connectivity index is 4.58. The number of allylic oxidation sites excluding steroid dienone is 1. The number of carboxylic acids is 1. The molecule has 0 aliphatic rings. The first-order chi connectivity index (χ1) is 5.54. The van der Waals surface area contributed by atoms with E-state index in [0.717, 1.165) is 0 Å². The predicted molar refractivity (Wildman–Crippen MR) is 42.6 cm³/mol. The van der Waals surface area contributed by atoms with Crippen LogP contribution in [0.25, 0.3) is 0 Å². The van der Waals surface area contributed by atoms with E-state index in [1.54, 1.807) is 6.92 Å². The van der Waals surface area contributed by atoms with E-state index < -0.39 is 17.9 Å². The average molecular weight is 172 g/mol. The molecule has 0 radical (unpaired) electrons. The summed E-state index contributed by atoms with van der Waals surface area (Å²) in [5, 5.41) is 8.58. The largest absolute Gasteiger partial charge is 0.481 e. The SMILES string of the molecule is C/C=C(/C(=O)OC)C(C)C(=O)O. The highest BCUT2D eigenvalue weighted by Crippen LogP contribution is 2.11. The van der Waals surface area contributed by atoms with Crippen molar-refractivity contribution in [3.05, 3.63) is 11.6 Å². The molecule has 68 valence electrons. The summed E-state index contributed by atoms with van der Waals surface area (Å²) in [4.78, 5) is 21.4. The fourth-order valence-electron chi connectivity index (χ4n) is 0.796. The molecule has 0 aromatic carbocycles. The Bertz CT molecular complexity index is 217. The molecule has 4 heteroatoms. The van der Waals surface area contributed by atoms with Crippen LogP contribution < -0.4 is 0 Å². The van der Waals surface area contributed by atoms with Gasteiger partial charge in [-0.25, -0.2) is 4.79 Å². The van der Waals surface area contributed by atoms with Gasteiger partial charge in [0.15, 0.2) is 0 Å². The highest BCUT2D eigenvalue weighted by Gasteiger charge is 2.22. The molecule has 0 aromatic heterocycles. The molecule has 0 aliphatic carbocycles. The maximum Gasteiger partial charge on any atom is 0.334 e. The van der Waals surface area contributed by atoms with Gasteiger partial charge in [-0.2, -0.15) is 0 Å². The molecule has 1 unspecified atom stereocenters. The number of esters is 1. The minimum absolute atomic E-state index is 0.171. The van der Waals surface area contributed by atoms with Gasteiger partial charge >= 0.3 is 11.9 Å². The van der Waals surface area contributed by atoms with E-state index in [1.807, 2.05) is 0 Å². The van der Waals surface area contributed by atoms with Gasteiger partial charge in [0.25, 0.3) is 0 Å². The van der Waals surface area contributed by atoms with Crippen molar-refractivity contribution in [1.82, 2.24) is 0 Å². The Hall–Kier alpha value is -1.32. The number of ether oxygens (including phenoxy) is 1. The molecule has 1 N–H and O–H groups in total. The Morgan fingerprint density at radius 3 is 2.25 bits per heavy atom. The van der Waals surface area contributed by atoms with E-state index >= 15 is 0 Å². The quantitative estimate of drug-likeness (QED) is 0.505. The van der Waals surface area contributed by atoms with E-state index in [4.69, 9.17) is 5.11 Å². The molecule has 0 aliphatic heterocycles. The summed E-state index contributed by atoms with van der Waals surface area (Å²) < 4.78 is 4.40. The van der Waals surface area contributed by atoms with Crippen molar-refractivity contribution < 1.29 is 19.4 Å². The number of methoxy groups -OCH3 is 1. The van der Waals surface area contributed by atoms with Crippen LogP contribution in [0.15, 0.2) is 11.6 Å². The van der Waals surface area contributed by atoms with Gasteiger partial charge in [-0.05, 0) is 13.8 Å². The lowest BCUT2D eigenvalue weighted by Gasteiger charge is -2.08. The first kappa shape index (κ1) is 10.7. The third kappa shape index (κ3) is 2.38. The van der Waals surface area contributed by atoms with Crippen LogP contribution in [0, 0.1) is 5.92 Å².